The van der Waals surface area contributed by atoms with Gasteiger partial charge in [-0.1, -0.05) is 12.1 Å². The number of hydrogen-bond acceptors (Lipinski definition) is 3. The minimum Gasteiger partial charge on any atom is -0.478 e. The topological polar surface area (TPSA) is 62.2 Å². The highest BCUT2D eigenvalue weighted by atomic mass is 16.4. The fraction of sp³-hybridized carbons (Fsp3) is 0.200. The van der Waals surface area contributed by atoms with Crippen molar-refractivity contribution in [3.8, 4) is 0 Å². The van der Waals surface area contributed by atoms with Crippen molar-refractivity contribution < 1.29 is 9.90 Å². The highest BCUT2D eigenvalue weighted by Crippen LogP contribution is 2.12. The highest BCUT2D eigenvalue weighted by molar-refractivity contribution is 5.87. The van der Waals surface area contributed by atoms with E-state index in [9.17, 15) is 4.79 Å². The third-order valence-corrected chi connectivity index (χ3v) is 2.92. The third kappa shape index (κ3) is 3.55. The number of pyridine rings is 1. The molecule has 2 aromatic rings. The average Bonchev–Trinajstić information content (AvgIpc) is 2.41. The molecule has 0 unspecified atom stereocenters. The summed E-state index contributed by atoms with van der Waals surface area (Å²) in [6, 6.07) is 8.96. The van der Waals surface area contributed by atoms with Gasteiger partial charge in [-0.2, -0.15) is 0 Å². The second-order valence-electron chi connectivity index (χ2n) is 4.37. The van der Waals surface area contributed by atoms with Gasteiger partial charge in [-0.25, -0.2) is 4.79 Å². The first-order valence-corrected chi connectivity index (χ1v) is 6.13. The van der Waals surface area contributed by atoms with Gasteiger partial charge in [0.15, 0.2) is 0 Å². The Morgan fingerprint density at radius 3 is 2.95 bits per heavy atom. The van der Waals surface area contributed by atoms with Crippen LogP contribution in [0, 0.1) is 6.92 Å². The lowest BCUT2D eigenvalue weighted by Gasteiger charge is -2.09. The number of carboxylic acid groups (broad SMARTS) is 1. The summed E-state index contributed by atoms with van der Waals surface area (Å²) in [7, 11) is 0. The van der Waals surface area contributed by atoms with Gasteiger partial charge in [-0.05, 0) is 42.7 Å². The normalized spacial score (nSPS) is 10.2. The molecule has 4 nitrogen and oxygen atoms in total. The number of aromatic carboxylic acids is 1. The molecule has 0 saturated carbocycles. The van der Waals surface area contributed by atoms with E-state index in [2.05, 4.69) is 10.3 Å². The smallest absolute Gasteiger partial charge is 0.335 e. The summed E-state index contributed by atoms with van der Waals surface area (Å²) in [6.45, 7) is 2.76. The molecule has 1 heterocycles. The average molecular weight is 256 g/mol. The van der Waals surface area contributed by atoms with E-state index in [-0.39, 0.29) is 0 Å². The molecule has 4 heteroatoms. The number of anilines is 1. The molecule has 19 heavy (non-hydrogen) atoms. The van der Waals surface area contributed by atoms with Crippen molar-refractivity contribution in [3.05, 3.63) is 59.4 Å². The lowest BCUT2D eigenvalue weighted by molar-refractivity contribution is 0.0697. The van der Waals surface area contributed by atoms with Gasteiger partial charge in [-0.3, -0.25) is 4.98 Å². The van der Waals surface area contributed by atoms with Crippen LogP contribution in [0.25, 0.3) is 0 Å². The molecular weight excluding hydrogens is 240 g/mol. The van der Waals surface area contributed by atoms with Crippen LogP contribution in [0.3, 0.4) is 0 Å². The van der Waals surface area contributed by atoms with Crippen LogP contribution in [0.4, 0.5) is 5.69 Å². The van der Waals surface area contributed by atoms with Crippen LogP contribution >= 0.6 is 0 Å². The van der Waals surface area contributed by atoms with Gasteiger partial charge in [-0.15, -0.1) is 0 Å². The zero-order valence-electron chi connectivity index (χ0n) is 10.8. The molecule has 0 saturated heterocycles. The molecular formula is C15H16N2O2. The van der Waals surface area contributed by atoms with Crippen LogP contribution in [0.5, 0.6) is 0 Å². The first-order valence-electron chi connectivity index (χ1n) is 6.13. The van der Waals surface area contributed by atoms with E-state index < -0.39 is 5.97 Å². The number of aryl methyl sites for hydroxylation is 1. The van der Waals surface area contributed by atoms with Gasteiger partial charge in [0.2, 0.25) is 0 Å². The number of aromatic nitrogens is 1. The van der Waals surface area contributed by atoms with Crippen molar-refractivity contribution in [1.82, 2.24) is 4.98 Å². The zero-order chi connectivity index (χ0) is 13.7. The predicted molar refractivity (Wildman–Crippen MR) is 74.6 cm³/mol. The van der Waals surface area contributed by atoms with Gasteiger partial charge >= 0.3 is 5.97 Å². The highest BCUT2D eigenvalue weighted by Gasteiger charge is 2.03. The molecule has 0 spiro atoms. The van der Waals surface area contributed by atoms with E-state index in [0.717, 1.165) is 29.8 Å². The van der Waals surface area contributed by atoms with E-state index >= 15 is 0 Å². The Morgan fingerprint density at radius 1 is 1.37 bits per heavy atom. The Hall–Kier alpha value is -2.36. The van der Waals surface area contributed by atoms with E-state index in [0.29, 0.717) is 5.56 Å². The Labute approximate surface area is 112 Å². The second-order valence-corrected chi connectivity index (χ2v) is 4.37. The maximum Gasteiger partial charge on any atom is 0.335 e. The van der Waals surface area contributed by atoms with E-state index in [4.69, 9.17) is 5.11 Å². The summed E-state index contributed by atoms with van der Waals surface area (Å²) < 4.78 is 0. The largest absolute Gasteiger partial charge is 0.478 e. The van der Waals surface area contributed by atoms with E-state index in [1.165, 1.54) is 0 Å². The second kappa shape index (κ2) is 6.00. The number of carbonyl (C=O) groups is 1. The van der Waals surface area contributed by atoms with Crippen molar-refractivity contribution in [1.29, 1.82) is 0 Å². The van der Waals surface area contributed by atoms with Crippen molar-refractivity contribution >= 4 is 11.7 Å². The van der Waals surface area contributed by atoms with E-state index in [1.54, 1.807) is 24.4 Å². The van der Waals surface area contributed by atoms with Crippen LogP contribution in [-0.2, 0) is 6.42 Å². The fourth-order valence-corrected chi connectivity index (χ4v) is 1.87. The molecule has 0 bridgehead atoms. The molecule has 2 N–H and O–H groups in total. The van der Waals surface area contributed by atoms with Gasteiger partial charge in [0.1, 0.15) is 0 Å². The molecule has 1 aromatic carbocycles. The molecule has 0 aliphatic carbocycles. The van der Waals surface area contributed by atoms with Crippen molar-refractivity contribution in [3.63, 3.8) is 0 Å². The Morgan fingerprint density at radius 2 is 2.21 bits per heavy atom. The third-order valence-electron chi connectivity index (χ3n) is 2.92. The summed E-state index contributed by atoms with van der Waals surface area (Å²) in [5, 5.41) is 12.2. The van der Waals surface area contributed by atoms with Crippen LogP contribution < -0.4 is 5.32 Å². The van der Waals surface area contributed by atoms with E-state index in [1.807, 2.05) is 25.3 Å². The molecule has 1 aromatic heterocycles. The van der Waals surface area contributed by atoms with Crippen LogP contribution in [-0.4, -0.2) is 22.6 Å². The maximum absolute atomic E-state index is 10.9. The minimum absolute atomic E-state index is 0.331. The van der Waals surface area contributed by atoms with Crippen LogP contribution in [0.2, 0.25) is 0 Å². The van der Waals surface area contributed by atoms with Crippen molar-refractivity contribution in [2.24, 2.45) is 0 Å². The molecule has 0 aliphatic rings. The Bertz CT molecular complexity index is 582. The maximum atomic E-state index is 10.9. The Kier molecular flexibility index (Phi) is 4.13. The summed E-state index contributed by atoms with van der Waals surface area (Å²) >= 11 is 0. The van der Waals surface area contributed by atoms with Crippen molar-refractivity contribution in [2.75, 3.05) is 11.9 Å². The summed E-state index contributed by atoms with van der Waals surface area (Å²) in [4.78, 5) is 14.9. The monoisotopic (exact) mass is 256 g/mol. The van der Waals surface area contributed by atoms with Gasteiger partial charge in [0.05, 0.1) is 5.56 Å². The number of nitrogens with one attached hydrogen (secondary N) is 1. The first-order chi connectivity index (χ1) is 9.16. The summed E-state index contributed by atoms with van der Waals surface area (Å²) in [5.41, 5.74) is 3.50. The Balaban J connectivity index is 1.94. The van der Waals surface area contributed by atoms with Crippen LogP contribution in [0.15, 0.2) is 42.7 Å². The number of carboxylic acids is 1. The number of hydrogen-bond donors (Lipinski definition) is 2. The number of benzene rings is 1. The molecule has 2 rings (SSSR count). The standard InChI is InChI=1S/C15H16N2O2/c1-11-10-16-7-6-14(11)17-8-5-12-3-2-4-13(9-12)15(18)19/h2-4,6-7,9-10H,5,8H2,1H3,(H,16,17)(H,18,19). The van der Waals surface area contributed by atoms with Gasteiger partial charge in [0.25, 0.3) is 0 Å². The van der Waals surface area contributed by atoms with Crippen molar-refractivity contribution in [2.45, 2.75) is 13.3 Å². The van der Waals surface area contributed by atoms with Gasteiger partial charge < -0.3 is 10.4 Å². The SMILES string of the molecule is Cc1cnccc1NCCc1cccc(C(=O)O)c1. The molecule has 98 valence electrons. The molecule has 0 atom stereocenters. The molecule has 0 fully saturated rings. The lowest BCUT2D eigenvalue weighted by Crippen LogP contribution is -2.07. The molecule has 0 aliphatic heterocycles. The number of nitrogens with zero attached hydrogens (tertiary/aromatic N) is 1. The summed E-state index contributed by atoms with van der Waals surface area (Å²) in [5.74, 6) is -0.889. The van der Waals surface area contributed by atoms with Crippen LogP contribution in [0.1, 0.15) is 21.5 Å². The number of rotatable bonds is 5. The van der Waals surface area contributed by atoms with Gasteiger partial charge in [0, 0.05) is 24.6 Å². The fourth-order valence-electron chi connectivity index (χ4n) is 1.87. The molecule has 0 amide bonds. The summed E-state index contributed by atoms with van der Waals surface area (Å²) in [6.07, 6.45) is 4.34. The first kappa shape index (κ1) is 13.1. The molecule has 0 radical (unpaired) electrons. The quantitative estimate of drug-likeness (QED) is 0.863. The lowest BCUT2D eigenvalue weighted by atomic mass is 10.1. The minimum atomic E-state index is -0.889. The zero-order valence-corrected chi connectivity index (χ0v) is 10.8. The predicted octanol–water partition coefficient (Wildman–Crippen LogP) is 2.74.